The average Bonchev–Trinajstić information content (AvgIpc) is 2.73. The van der Waals surface area contributed by atoms with E-state index in [0.29, 0.717) is 19.5 Å². The Morgan fingerprint density at radius 3 is 2.72 bits per heavy atom. The highest BCUT2D eigenvalue weighted by Gasteiger charge is 2.20. The molecule has 1 unspecified atom stereocenters. The van der Waals surface area contributed by atoms with Gasteiger partial charge in [-0.15, -0.1) is 23.7 Å². The van der Waals surface area contributed by atoms with Crippen LogP contribution >= 0.6 is 23.7 Å². The fraction of sp³-hybridized carbons (Fsp3) is 0.636. The van der Waals surface area contributed by atoms with Crippen LogP contribution in [-0.4, -0.2) is 37.2 Å². The lowest BCUT2D eigenvalue weighted by molar-refractivity contribution is -0.120. The van der Waals surface area contributed by atoms with Crippen LogP contribution in [0.5, 0.6) is 0 Å². The number of hydrogen-bond donors (Lipinski definition) is 1. The smallest absolute Gasteiger partial charge is 0.231 e. The van der Waals surface area contributed by atoms with E-state index in [1.807, 2.05) is 19.2 Å². The first-order valence-corrected chi connectivity index (χ1v) is 6.45. The number of amides is 1. The third-order valence-corrected chi connectivity index (χ3v) is 3.44. The van der Waals surface area contributed by atoms with Crippen molar-refractivity contribution in [3.05, 3.63) is 11.1 Å². The van der Waals surface area contributed by atoms with E-state index in [4.69, 9.17) is 10.5 Å². The van der Waals surface area contributed by atoms with Crippen LogP contribution in [0.25, 0.3) is 0 Å². The number of anilines is 1. The molecule has 1 atom stereocenters. The number of rotatable bonds is 6. The molecule has 0 aliphatic heterocycles. The standard InChI is InChI=1S/C11H19N3O2S.ClH/c1-4-14(11-13-8(2)7-17-11)10(15)5-9(6-12)16-3;/h7,9H,4-6,12H2,1-3H3;1H. The number of hydrogen-bond acceptors (Lipinski definition) is 5. The van der Waals surface area contributed by atoms with Crippen LogP contribution in [-0.2, 0) is 9.53 Å². The van der Waals surface area contributed by atoms with Gasteiger partial charge in [0.25, 0.3) is 0 Å². The third kappa shape index (κ3) is 4.53. The molecule has 0 aliphatic carbocycles. The Morgan fingerprint density at radius 1 is 1.67 bits per heavy atom. The quantitative estimate of drug-likeness (QED) is 0.865. The minimum absolute atomic E-state index is 0. The van der Waals surface area contributed by atoms with Crippen LogP contribution < -0.4 is 10.6 Å². The number of ether oxygens (including phenoxy) is 1. The Morgan fingerprint density at radius 2 is 2.33 bits per heavy atom. The summed E-state index contributed by atoms with van der Waals surface area (Å²) < 4.78 is 5.12. The molecule has 1 aromatic rings. The highest BCUT2D eigenvalue weighted by molar-refractivity contribution is 7.14. The van der Waals surface area contributed by atoms with Gasteiger partial charge in [0.1, 0.15) is 0 Å². The molecule has 1 aromatic heterocycles. The number of halogens is 1. The summed E-state index contributed by atoms with van der Waals surface area (Å²) in [6.07, 6.45) is 0.0667. The SMILES string of the molecule is CCN(C(=O)CC(CN)OC)c1nc(C)cs1.Cl. The van der Waals surface area contributed by atoms with Gasteiger partial charge in [0.15, 0.2) is 5.13 Å². The lowest BCUT2D eigenvalue weighted by atomic mass is 10.2. The molecule has 104 valence electrons. The van der Waals surface area contributed by atoms with Crippen molar-refractivity contribution in [3.63, 3.8) is 0 Å². The van der Waals surface area contributed by atoms with Gasteiger partial charge in [-0.25, -0.2) is 4.98 Å². The molecule has 1 heterocycles. The zero-order valence-electron chi connectivity index (χ0n) is 10.9. The van der Waals surface area contributed by atoms with Crippen LogP contribution in [0, 0.1) is 6.92 Å². The summed E-state index contributed by atoms with van der Waals surface area (Å²) in [5.41, 5.74) is 6.44. The number of aryl methyl sites for hydroxylation is 1. The van der Waals surface area contributed by atoms with Crippen molar-refractivity contribution < 1.29 is 9.53 Å². The van der Waals surface area contributed by atoms with Crippen molar-refractivity contribution in [1.29, 1.82) is 0 Å². The van der Waals surface area contributed by atoms with E-state index in [1.165, 1.54) is 11.3 Å². The van der Waals surface area contributed by atoms with Gasteiger partial charge in [-0.3, -0.25) is 9.69 Å². The highest BCUT2D eigenvalue weighted by atomic mass is 35.5. The van der Waals surface area contributed by atoms with Crippen molar-refractivity contribution in [1.82, 2.24) is 4.98 Å². The molecule has 0 saturated carbocycles. The number of aromatic nitrogens is 1. The molecule has 2 N–H and O–H groups in total. The number of carbonyl (C=O) groups excluding carboxylic acids is 1. The highest BCUT2D eigenvalue weighted by Crippen LogP contribution is 2.21. The Balaban J connectivity index is 0.00000289. The molecule has 1 rings (SSSR count). The van der Waals surface area contributed by atoms with Crippen molar-refractivity contribution in [2.24, 2.45) is 5.73 Å². The molecule has 0 saturated heterocycles. The Hall–Kier alpha value is -0.690. The fourth-order valence-corrected chi connectivity index (χ4v) is 2.34. The predicted octanol–water partition coefficient (Wildman–Crippen LogP) is 1.59. The largest absolute Gasteiger partial charge is 0.380 e. The Bertz CT molecular complexity index is 369. The van der Waals surface area contributed by atoms with Gasteiger partial charge < -0.3 is 10.5 Å². The van der Waals surface area contributed by atoms with Gasteiger partial charge in [-0.05, 0) is 13.8 Å². The minimum atomic E-state index is -0.224. The molecular weight excluding hydrogens is 274 g/mol. The summed E-state index contributed by atoms with van der Waals surface area (Å²) >= 11 is 1.47. The monoisotopic (exact) mass is 293 g/mol. The summed E-state index contributed by atoms with van der Waals surface area (Å²) in [5.74, 6) is -0.000787. The maximum Gasteiger partial charge on any atom is 0.231 e. The molecule has 5 nitrogen and oxygen atoms in total. The topological polar surface area (TPSA) is 68.5 Å². The molecule has 18 heavy (non-hydrogen) atoms. The molecular formula is C11H20ClN3O2S. The molecule has 0 spiro atoms. The second kappa shape index (κ2) is 8.42. The van der Waals surface area contributed by atoms with Crippen LogP contribution in [0.2, 0.25) is 0 Å². The average molecular weight is 294 g/mol. The summed E-state index contributed by atoms with van der Waals surface area (Å²) in [6.45, 7) is 4.79. The molecule has 0 bridgehead atoms. The van der Waals surface area contributed by atoms with E-state index in [2.05, 4.69) is 4.98 Å². The van der Waals surface area contributed by atoms with E-state index < -0.39 is 0 Å². The fourth-order valence-electron chi connectivity index (χ4n) is 1.45. The summed E-state index contributed by atoms with van der Waals surface area (Å²) in [6, 6.07) is 0. The van der Waals surface area contributed by atoms with Crippen LogP contribution in [0.15, 0.2) is 5.38 Å². The van der Waals surface area contributed by atoms with E-state index >= 15 is 0 Å². The minimum Gasteiger partial charge on any atom is -0.380 e. The van der Waals surface area contributed by atoms with Gasteiger partial charge in [0.2, 0.25) is 5.91 Å². The summed E-state index contributed by atoms with van der Waals surface area (Å²) in [4.78, 5) is 18.0. The number of nitrogens with two attached hydrogens (primary N) is 1. The molecule has 7 heteroatoms. The maximum atomic E-state index is 12.1. The lowest BCUT2D eigenvalue weighted by Crippen LogP contribution is -2.36. The molecule has 0 fully saturated rings. The van der Waals surface area contributed by atoms with Crippen molar-refractivity contribution in [3.8, 4) is 0 Å². The first-order valence-electron chi connectivity index (χ1n) is 5.57. The first kappa shape index (κ1) is 17.3. The second-order valence-electron chi connectivity index (χ2n) is 3.71. The lowest BCUT2D eigenvalue weighted by Gasteiger charge is -2.20. The third-order valence-electron chi connectivity index (χ3n) is 2.45. The van der Waals surface area contributed by atoms with Gasteiger partial charge in [-0.2, -0.15) is 0 Å². The van der Waals surface area contributed by atoms with E-state index in [9.17, 15) is 4.79 Å². The molecule has 0 aliphatic rings. The summed E-state index contributed by atoms with van der Waals surface area (Å²) in [5, 5.41) is 2.67. The van der Waals surface area contributed by atoms with Gasteiger partial charge >= 0.3 is 0 Å². The number of methoxy groups -OCH3 is 1. The van der Waals surface area contributed by atoms with Crippen molar-refractivity contribution in [2.45, 2.75) is 26.4 Å². The van der Waals surface area contributed by atoms with E-state index in [0.717, 1.165) is 10.8 Å². The van der Waals surface area contributed by atoms with Gasteiger partial charge in [0, 0.05) is 25.6 Å². The molecule has 0 aromatic carbocycles. The van der Waals surface area contributed by atoms with Crippen molar-refractivity contribution in [2.75, 3.05) is 25.1 Å². The predicted molar refractivity (Wildman–Crippen MR) is 76.6 cm³/mol. The number of nitrogens with zero attached hydrogens (tertiary/aromatic N) is 2. The van der Waals surface area contributed by atoms with Gasteiger partial charge in [-0.1, -0.05) is 0 Å². The zero-order chi connectivity index (χ0) is 12.8. The first-order chi connectivity index (χ1) is 8.12. The van der Waals surface area contributed by atoms with Crippen LogP contribution in [0.1, 0.15) is 19.0 Å². The van der Waals surface area contributed by atoms with Crippen molar-refractivity contribution >= 4 is 34.8 Å². The molecule has 1 amide bonds. The normalized spacial score (nSPS) is 11.8. The molecule has 0 radical (unpaired) electrons. The second-order valence-corrected chi connectivity index (χ2v) is 4.54. The zero-order valence-corrected chi connectivity index (χ0v) is 12.5. The Kier molecular flexibility index (Phi) is 8.10. The van der Waals surface area contributed by atoms with Crippen LogP contribution in [0.4, 0.5) is 5.13 Å². The van der Waals surface area contributed by atoms with E-state index in [-0.39, 0.29) is 24.4 Å². The Labute approximate surface area is 118 Å². The number of carbonyl (C=O) groups is 1. The number of thiazole rings is 1. The van der Waals surface area contributed by atoms with Gasteiger partial charge in [0.05, 0.1) is 18.2 Å². The summed E-state index contributed by atoms with van der Waals surface area (Å²) in [7, 11) is 1.56. The van der Waals surface area contributed by atoms with E-state index in [1.54, 1.807) is 12.0 Å². The van der Waals surface area contributed by atoms with Crippen LogP contribution in [0.3, 0.4) is 0 Å². The maximum absolute atomic E-state index is 12.1.